The van der Waals surface area contributed by atoms with E-state index in [0.29, 0.717) is 0 Å². The highest BCUT2D eigenvalue weighted by Gasteiger charge is 2.24. The van der Waals surface area contributed by atoms with Gasteiger partial charge in [-0.3, -0.25) is 0 Å². The molecule has 1 aliphatic rings. The predicted octanol–water partition coefficient (Wildman–Crippen LogP) is 3.69. The molecule has 1 heterocycles. The van der Waals surface area contributed by atoms with Gasteiger partial charge in [-0.05, 0) is 43.9 Å². The maximum Gasteiger partial charge on any atom is 0.0201 e. The van der Waals surface area contributed by atoms with Crippen LogP contribution in [-0.2, 0) is 0 Å². The van der Waals surface area contributed by atoms with Crippen molar-refractivity contribution in [3.05, 3.63) is 0 Å². The van der Waals surface area contributed by atoms with Gasteiger partial charge in [-0.25, -0.2) is 0 Å². The molecule has 1 saturated heterocycles. The Morgan fingerprint density at radius 3 is 2.67 bits per heavy atom. The zero-order valence-electron chi connectivity index (χ0n) is 10.6. The van der Waals surface area contributed by atoms with Crippen molar-refractivity contribution in [2.45, 2.75) is 64.2 Å². The van der Waals surface area contributed by atoms with Crippen molar-refractivity contribution in [3.8, 4) is 0 Å². The molecule has 1 N–H and O–H groups in total. The van der Waals surface area contributed by atoms with E-state index in [2.05, 4.69) is 37.8 Å². The van der Waals surface area contributed by atoms with Crippen LogP contribution in [0.3, 0.4) is 0 Å². The van der Waals surface area contributed by atoms with Gasteiger partial charge in [0.25, 0.3) is 0 Å². The van der Waals surface area contributed by atoms with E-state index in [9.17, 15) is 0 Å². The Kier molecular flexibility index (Phi) is 6.74. The monoisotopic (exact) mass is 229 g/mol. The van der Waals surface area contributed by atoms with Gasteiger partial charge in [0.1, 0.15) is 0 Å². The lowest BCUT2D eigenvalue weighted by atomic mass is 9.97. The van der Waals surface area contributed by atoms with Crippen LogP contribution >= 0.6 is 11.8 Å². The number of thioether (sulfide) groups is 1. The van der Waals surface area contributed by atoms with Crippen LogP contribution in [0.1, 0.15) is 52.9 Å². The zero-order chi connectivity index (χ0) is 11.1. The largest absolute Gasteiger partial charge is 0.313 e. The molecule has 90 valence electrons. The quantitative estimate of drug-likeness (QED) is 0.745. The van der Waals surface area contributed by atoms with E-state index >= 15 is 0 Å². The van der Waals surface area contributed by atoms with Gasteiger partial charge in [-0.1, -0.05) is 27.2 Å². The van der Waals surface area contributed by atoms with Crippen LogP contribution in [0.2, 0.25) is 0 Å². The minimum absolute atomic E-state index is 0.759. The van der Waals surface area contributed by atoms with Crippen molar-refractivity contribution in [2.24, 2.45) is 5.92 Å². The summed E-state index contributed by atoms with van der Waals surface area (Å²) in [5, 5.41) is 4.63. The predicted molar refractivity (Wildman–Crippen MR) is 71.6 cm³/mol. The topological polar surface area (TPSA) is 12.0 Å². The highest BCUT2D eigenvalue weighted by atomic mass is 32.2. The van der Waals surface area contributed by atoms with Crippen molar-refractivity contribution >= 4 is 11.8 Å². The number of rotatable bonds is 6. The first-order chi connectivity index (χ1) is 7.24. The molecule has 1 rings (SSSR count). The zero-order valence-corrected chi connectivity index (χ0v) is 11.4. The molecule has 1 nitrogen and oxygen atoms in total. The Bertz CT molecular complexity index is 153. The second kappa shape index (κ2) is 7.56. The van der Waals surface area contributed by atoms with Crippen LogP contribution in [-0.4, -0.2) is 23.6 Å². The molecule has 0 saturated carbocycles. The van der Waals surface area contributed by atoms with Gasteiger partial charge in [0.2, 0.25) is 0 Å². The molecule has 0 spiro atoms. The Morgan fingerprint density at radius 1 is 1.33 bits per heavy atom. The van der Waals surface area contributed by atoms with E-state index < -0.39 is 0 Å². The molecule has 2 unspecified atom stereocenters. The van der Waals surface area contributed by atoms with Crippen molar-refractivity contribution in [1.29, 1.82) is 0 Å². The Morgan fingerprint density at radius 2 is 2.13 bits per heavy atom. The molecule has 0 amide bonds. The lowest BCUT2D eigenvalue weighted by Crippen LogP contribution is -2.40. The molecule has 2 heteroatoms. The Balaban J connectivity index is 2.37. The fourth-order valence-corrected chi connectivity index (χ4v) is 3.73. The average Bonchev–Trinajstić information content (AvgIpc) is 2.25. The molecular weight excluding hydrogens is 202 g/mol. The van der Waals surface area contributed by atoms with Crippen LogP contribution in [0.5, 0.6) is 0 Å². The maximum absolute atomic E-state index is 3.75. The smallest absolute Gasteiger partial charge is 0.0201 e. The third kappa shape index (κ3) is 5.26. The van der Waals surface area contributed by atoms with Crippen LogP contribution in [0.15, 0.2) is 0 Å². The first-order valence-electron chi connectivity index (χ1n) is 6.59. The molecule has 1 aliphatic heterocycles. The van der Waals surface area contributed by atoms with E-state index in [1.807, 2.05) is 0 Å². The van der Waals surface area contributed by atoms with Crippen molar-refractivity contribution in [1.82, 2.24) is 5.32 Å². The second-order valence-electron chi connectivity index (χ2n) is 5.10. The third-order valence-electron chi connectivity index (χ3n) is 3.05. The van der Waals surface area contributed by atoms with Crippen molar-refractivity contribution < 1.29 is 0 Å². The lowest BCUT2D eigenvalue weighted by Gasteiger charge is -2.31. The molecule has 2 atom stereocenters. The van der Waals surface area contributed by atoms with Gasteiger partial charge in [0.15, 0.2) is 0 Å². The molecule has 0 aromatic heterocycles. The number of hydrogen-bond acceptors (Lipinski definition) is 2. The van der Waals surface area contributed by atoms with Crippen LogP contribution < -0.4 is 5.32 Å². The molecule has 15 heavy (non-hydrogen) atoms. The molecular formula is C13H27NS. The Labute approximate surface area is 99.8 Å². The van der Waals surface area contributed by atoms with E-state index in [1.54, 1.807) is 0 Å². The fraction of sp³-hybridized carbons (Fsp3) is 1.00. The summed E-state index contributed by atoms with van der Waals surface area (Å²) in [7, 11) is 0. The molecule has 0 bridgehead atoms. The van der Waals surface area contributed by atoms with E-state index in [0.717, 1.165) is 17.2 Å². The highest BCUT2D eigenvalue weighted by Crippen LogP contribution is 2.29. The van der Waals surface area contributed by atoms with Gasteiger partial charge in [-0.2, -0.15) is 11.8 Å². The summed E-state index contributed by atoms with van der Waals surface area (Å²) < 4.78 is 0. The van der Waals surface area contributed by atoms with Gasteiger partial charge in [0, 0.05) is 11.3 Å². The summed E-state index contributed by atoms with van der Waals surface area (Å²) in [5.41, 5.74) is 0. The third-order valence-corrected chi connectivity index (χ3v) is 4.56. The molecule has 0 aromatic rings. The standard InChI is InChI=1S/C13H27NS/c1-4-8-14-12(10-11(2)3)13-7-5-6-9-15-13/h11-14H,4-10H2,1-3H3. The van der Waals surface area contributed by atoms with Crippen molar-refractivity contribution in [2.75, 3.05) is 12.3 Å². The summed E-state index contributed by atoms with van der Waals surface area (Å²) in [5.74, 6) is 2.20. The van der Waals surface area contributed by atoms with E-state index in [1.165, 1.54) is 44.4 Å². The SMILES string of the molecule is CCCNC(CC(C)C)C1CCCCS1. The first kappa shape index (κ1) is 13.4. The summed E-state index contributed by atoms with van der Waals surface area (Å²) in [4.78, 5) is 0. The number of nitrogens with one attached hydrogen (secondary N) is 1. The molecule has 1 fully saturated rings. The normalized spacial score (nSPS) is 24.4. The summed E-state index contributed by atoms with van der Waals surface area (Å²) >= 11 is 2.20. The van der Waals surface area contributed by atoms with Gasteiger partial charge in [0.05, 0.1) is 0 Å². The molecule has 0 aromatic carbocycles. The lowest BCUT2D eigenvalue weighted by molar-refractivity contribution is 0.392. The second-order valence-corrected chi connectivity index (χ2v) is 6.44. The van der Waals surface area contributed by atoms with E-state index in [-0.39, 0.29) is 0 Å². The average molecular weight is 229 g/mol. The minimum Gasteiger partial charge on any atom is -0.313 e. The summed E-state index contributed by atoms with van der Waals surface area (Å²) in [6.07, 6.45) is 6.91. The minimum atomic E-state index is 0.759. The van der Waals surface area contributed by atoms with Crippen LogP contribution in [0, 0.1) is 5.92 Å². The van der Waals surface area contributed by atoms with Crippen molar-refractivity contribution in [3.63, 3.8) is 0 Å². The Hall–Kier alpha value is 0.310. The molecule has 0 aliphatic carbocycles. The fourth-order valence-electron chi connectivity index (χ4n) is 2.29. The van der Waals surface area contributed by atoms with Gasteiger partial charge in [-0.15, -0.1) is 0 Å². The highest BCUT2D eigenvalue weighted by molar-refractivity contribution is 8.00. The number of hydrogen-bond donors (Lipinski definition) is 1. The molecule has 0 radical (unpaired) electrons. The summed E-state index contributed by atoms with van der Waals surface area (Å²) in [6.45, 7) is 8.13. The van der Waals surface area contributed by atoms with Crippen LogP contribution in [0.25, 0.3) is 0 Å². The first-order valence-corrected chi connectivity index (χ1v) is 7.64. The van der Waals surface area contributed by atoms with Gasteiger partial charge >= 0.3 is 0 Å². The van der Waals surface area contributed by atoms with Gasteiger partial charge < -0.3 is 5.32 Å². The summed E-state index contributed by atoms with van der Waals surface area (Å²) in [6, 6.07) is 0.759. The maximum atomic E-state index is 3.75. The van der Waals surface area contributed by atoms with E-state index in [4.69, 9.17) is 0 Å². The van der Waals surface area contributed by atoms with Crippen LogP contribution in [0.4, 0.5) is 0 Å².